The van der Waals surface area contributed by atoms with Crippen molar-refractivity contribution in [1.82, 2.24) is 15.5 Å². The van der Waals surface area contributed by atoms with E-state index in [1.165, 1.54) is 4.90 Å². The molecule has 138 valence electrons. The van der Waals surface area contributed by atoms with Crippen LogP contribution in [-0.4, -0.2) is 30.4 Å². The van der Waals surface area contributed by atoms with Crippen molar-refractivity contribution in [2.45, 2.75) is 20.0 Å². The number of carbonyl (C=O) groups excluding carboxylic acids is 2. The molecule has 0 aromatic heterocycles. The second-order valence-corrected chi connectivity index (χ2v) is 6.83. The van der Waals surface area contributed by atoms with E-state index in [0.717, 1.165) is 16.7 Å². The average Bonchev–Trinajstić information content (AvgIpc) is 2.62. The van der Waals surface area contributed by atoms with Gasteiger partial charge < -0.3 is 15.5 Å². The van der Waals surface area contributed by atoms with Gasteiger partial charge in [0.25, 0.3) is 0 Å². The van der Waals surface area contributed by atoms with Crippen LogP contribution in [0.4, 0.5) is 4.79 Å². The van der Waals surface area contributed by atoms with Gasteiger partial charge in [-0.2, -0.15) is 0 Å². The highest BCUT2D eigenvalue weighted by atomic mass is 35.5. The molecule has 0 fully saturated rings. The van der Waals surface area contributed by atoms with Crippen molar-refractivity contribution in [3.63, 3.8) is 0 Å². The van der Waals surface area contributed by atoms with E-state index < -0.39 is 0 Å². The third kappa shape index (κ3) is 6.24. The molecule has 2 aromatic rings. The van der Waals surface area contributed by atoms with Crippen LogP contribution in [0.3, 0.4) is 0 Å². The Labute approximate surface area is 163 Å². The van der Waals surface area contributed by atoms with Crippen molar-refractivity contribution in [2.24, 2.45) is 0 Å². The minimum Gasteiger partial charge on any atom is -0.340 e. The summed E-state index contributed by atoms with van der Waals surface area (Å²) in [4.78, 5) is 25.5. The number of likely N-dealkylation sites (N-methyl/N-ethyl adjacent to an activating group) is 1. The number of urea groups is 1. The molecule has 0 radical (unpaired) electrons. The summed E-state index contributed by atoms with van der Waals surface area (Å²) in [5.74, 6) is -0.207. The molecule has 5 nitrogen and oxygen atoms in total. The van der Waals surface area contributed by atoms with E-state index in [-0.39, 0.29) is 18.5 Å². The Bertz CT molecular complexity index is 779. The fourth-order valence-electron chi connectivity index (χ4n) is 2.24. The summed E-state index contributed by atoms with van der Waals surface area (Å²) in [5, 5.41) is 6.20. The van der Waals surface area contributed by atoms with E-state index >= 15 is 0 Å². The van der Waals surface area contributed by atoms with Crippen LogP contribution in [0.5, 0.6) is 0 Å². The predicted molar refractivity (Wildman–Crippen MR) is 104 cm³/mol. The number of aryl methyl sites for hydroxylation is 1. The first-order valence-electron chi connectivity index (χ1n) is 8.10. The van der Waals surface area contributed by atoms with Crippen LogP contribution in [0.1, 0.15) is 16.7 Å². The van der Waals surface area contributed by atoms with Gasteiger partial charge in [0.2, 0.25) is 5.91 Å². The highest BCUT2D eigenvalue weighted by Crippen LogP contribution is 2.23. The quantitative estimate of drug-likeness (QED) is 0.784. The smallest absolute Gasteiger partial charge is 0.315 e. The third-order valence-corrected chi connectivity index (χ3v) is 4.54. The Morgan fingerprint density at radius 1 is 0.962 bits per heavy atom. The lowest BCUT2D eigenvalue weighted by atomic mass is 10.1. The standard InChI is InChI=1S/C19H21Cl2N3O2/c1-13-3-5-14(6-4-13)10-22-19(26)23-11-18(25)24(2)12-15-7-8-16(20)17(21)9-15/h3-9H,10-12H2,1-2H3,(H2,22,23,26). The van der Waals surface area contributed by atoms with E-state index in [9.17, 15) is 9.59 Å². The summed E-state index contributed by atoms with van der Waals surface area (Å²) in [6.07, 6.45) is 0. The van der Waals surface area contributed by atoms with E-state index in [1.54, 1.807) is 25.2 Å². The molecular formula is C19H21Cl2N3O2. The van der Waals surface area contributed by atoms with E-state index in [0.29, 0.717) is 23.1 Å². The number of carbonyl (C=O) groups is 2. The normalized spacial score (nSPS) is 10.3. The van der Waals surface area contributed by atoms with Gasteiger partial charge in [-0.25, -0.2) is 4.79 Å². The molecule has 2 rings (SSSR count). The van der Waals surface area contributed by atoms with Gasteiger partial charge in [0, 0.05) is 20.1 Å². The molecule has 0 atom stereocenters. The predicted octanol–water partition coefficient (Wildman–Crippen LogP) is 3.76. The van der Waals surface area contributed by atoms with E-state index in [2.05, 4.69) is 10.6 Å². The van der Waals surface area contributed by atoms with Gasteiger partial charge in [-0.15, -0.1) is 0 Å². The zero-order valence-corrected chi connectivity index (χ0v) is 16.2. The summed E-state index contributed by atoms with van der Waals surface area (Å²) >= 11 is 11.9. The van der Waals surface area contributed by atoms with Gasteiger partial charge in [0.15, 0.2) is 0 Å². The summed E-state index contributed by atoms with van der Waals surface area (Å²) < 4.78 is 0. The van der Waals surface area contributed by atoms with E-state index in [4.69, 9.17) is 23.2 Å². The van der Waals surface area contributed by atoms with Crippen molar-refractivity contribution in [1.29, 1.82) is 0 Å². The second-order valence-electron chi connectivity index (χ2n) is 6.02. The monoisotopic (exact) mass is 393 g/mol. The lowest BCUT2D eigenvalue weighted by Gasteiger charge is -2.18. The van der Waals surface area contributed by atoms with Gasteiger partial charge in [0.1, 0.15) is 0 Å². The number of nitrogens with zero attached hydrogens (tertiary/aromatic N) is 1. The topological polar surface area (TPSA) is 61.4 Å². The Hall–Kier alpha value is -2.24. The first kappa shape index (κ1) is 20.1. The molecule has 26 heavy (non-hydrogen) atoms. The fourth-order valence-corrected chi connectivity index (χ4v) is 2.56. The first-order valence-corrected chi connectivity index (χ1v) is 8.86. The third-order valence-electron chi connectivity index (χ3n) is 3.80. The first-order chi connectivity index (χ1) is 12.3. The molecule has 0 aliphatic rings. The Kier molecular flexibility index (Phi) is 7.30. The summed E-state index contributed by atoms with van der Waals surface area (Å²) in [5.41, 5.74) is 3.02. The van der Waals surface area contributed by atoms with E-state index in [1.807, 2.05) is 31.2 Å². The van der Waals surface area contributed by atoms with Crippen LogP contribution in [0.15, 0.2) is 42.5 Å². The minimum absolute atomic E-state index is 0.0858. The minimum atomic E-state index is -0.387. The molecule has 0 aliphatic heterocycles. The van der Waals surface area contributed by atoms with Crippen molar-refractivity contribution < 1.29 is 9.59 Å². The number of rotatable bonds is 6. The molecule has 0 saturated heterocycles. The zero-order valence-electron chi connectivity index (χ0n) is 14.7. The van der Waals surface area contributed by atoms with Crippen LogP contribution in [0, 0.1) is 6.92 Å². The van der Waals surface area contributed by atoms with Crippen molar-refractivity contribution in [2.75, 3.05) is 13.6 Å². The van der Waals surface area contributed by atoms with Gasteiger partial charge in [0.05, 0.1) is 16.6 Å². The Morgan fingerprint density at radius 3 is 2.27 bits per heavy atom. The number of nitrogens with one attached hydrogen (secondary N) is 2. The lowest BCUT2D eigenvalue weighted by Crippen LogP contribution is -2.42. The second kappa shape index (κ2) is 9.46. The number of hydrogen-bond acceptors (Lipinski definition) is 2. The van der Waals surface area contributed by atoms with Crippen molar-refractivity contribution in [3.8, 4) is 0 Å². The summed E-state index contributed by atoms with van der Waals surface area (Å²) in [6.45, 7) is 2.70. The largest absolute Gasteiger partial charge is 0.340 e. The number of hydrogen-bond donors (Lipinski definition) is 2. The lowest BCUT2D eigenvalue weighted by molar-refractivity contribution is -0.129. The summed E-state index contributed by atoms with van der Waals surface area (Å²) in [6, 6.07) is 12.7. The van der Waals surface area contributed by atoms with Crippen LogP contribution < -0.4 is 10.6 Å². The van der Waals surface area contributed by atoms with Gasteiger partial charge in [-0.1, -0.05) is 59.1 Å². The number of benzene rings is 2. The van der Waals surface area contributed by atoms with Gasteiger partial charge in [-0.05, 0) is 30.2 Å². The molecule has 7 heteroatoms. The van der Waals surface area contributed by atoms with Gasteiger partial charge >= 0.3 is 6.03 Å². The molecule has 0 aliphatic carbocycles. The Balaban J connectivity index is 1.75. The van der Waals surface area contributed by atoms with Crippen LogP contribution in [0.2, 0.25) is 10.0 Å². The fraction of sp³-hybridized carbons (Fsp3) is 0.263. The maximum atomic E-state index is 12.1. The van der Waals surface area contributed by atoms with Crippen LogP contribution in [0.25, 0.3) is 0 Å². The Morgan fingerprint density at radius 2 is 1.62 bits per heavy atom. The highest BCUT2D eigenvalue weighted by molar-refractivity contribution is 6.42. The molecule has 0 unspecified atom stereocenters. The van der Waals surface area contributed by atoms with Gasteiger partial charge in [-0.3, -0.25) is 4.79 Å². The van der Waals surface area contributed by atoms with Crippen LogP contribution >= 0.6 is 23.2 Å². The molecule has 0 heterocycles. The number of amides is 3. The molecule has 2 N–H and O–H groups in total. The molecule has 2 aromatic carbocycles. The molecular weight excluding hydrogens is 373 g/mol. The molecule has 0 saturated carbocycles. The molecule has 0 bridgehead atoms. The SMILES string of the molecule is Cc1ccc(CNC(=O)NCC(=O)N(C)Cc2ccc(Cl)c(Cl)c2)cc1. The zero-order chi connectivity index (χ0) is 19.1. The molecule has 0 spiro atoms. The summed E-state index contributed by atoms with van der Waals surface area (Å²) in [7, 11) is 1.66. The highest BCUT2D eigenvalue weighted by Gasteiger charge is 2.11. The number of halogens is 2. The van der Waals surface area contributed by atoms with Crippen LogP contribution in [-0.2, 0) is 17.9 Å². The van der Waals surface area contributed by atoms with Crippen molar-refractivity contribution >= 4 is 35.1 Å². The van der Waals surface area contributed by atoms with Crippen molar-refractivity contribution in [3.05, 3.63) is 69.2 Å². The maximum Gasteiger partial charge on any atom is 0.315 e. The molecule has 3 amide bonds. The maximum absolute atomic E-state index is 12.1. The average molecular weight is 394 g/mol.